The zero-order valence-corrected chi connectivity index (χ0v) is 16.4. The van der Waals surface area contributed by atoms with Gasteiger partial charge < -0.3 is 4.42 Å². The van der Waals surface area contributed by atoms with Crippen LogP contribution in [-0.2, 0) is 0 Å². The molecule has 4 aromatic heterocycles. The number of furan rings is 1. The third kappa shape index (κ3) is 2.41. The van der Waals surface area contributed by atoms with Gasteiger partial charge in [0.15, 0.2) is 5.58 Å². The summed E-state index contributed by atoms with van der Waals surface area (Å²) in [4.78, 5) is 14.5. The van der Waals surface area contributed by atoms with Crippen LogP contribution in [0.4, 0.5) is 0 Å². The second-order valence-corrected chi connectivity index (χ2v) is 7.59. The second kappa shape index (κ2) is 6.13. The second-order valence-electron chi connectivity index (χ2n) is 7.59. The Morgan fingerprint density at radius 3 is 2.61 bits per heavy atom. The Bertz CT molecular complexity index is 1370. The molecule has 0 radical (unpaired) electrons. The highest BCUT2D eigenvalue weighted by Gasteiger charge is 2.20. The largest absolute Gasteiger partial charge is 0.459 e. The molecule has 4 heteroatoms. The molecule has 5 aromatic rings. The van der Waals surface area contributed by atoms with E-state index in [9.17, 15) is 0 Å². The molecule has 0 saturated carbocycles. The molecule has 0 aliphatic rings. The molecular weight excluding hydrogens is 346 g/mol. The maximum atomic E-state index is 6.16. The van der Waals surface area contributed by atoms with E-state index in [1.807, 2.05) is 19.1 Å². The summed E-state index contributed by atoms with van der Waals surface area (Å²) in [5, 5.41) is 3.38. The van der Waals surface area contributed by atoms with Gasteiger partial charge in [-0.1, -0.05) is 38.1 Å². The van der Waals surface area contributed by atoms with Gasteiger partial charge >= 0.3 is 0 Å². The molecule has 0 fully saturated rings. The minimum Gasteiger partial charge on any atom is -0.459 e. The molecule has 0 spiro atoms. The minimum atomic E-state index is 0.308. The van der Waals surface area contributed by atoms with E-state index in [0.29, 0.717) is 5.92 Å². The number of pyridine rings is 3. The van der Waals surface area contributed by atoms with Gasteiger partial charge in [-0.3, -0.25) is 9.97 Å². The first-order valence-corrected chi connectivity index (χ1v) is 9.59. The Labute approximate surface area is 163 Å². The van der Waals surface area contributed by atoms with Gasteiger partial charge in [0.2, 0.25) is 0 Å². The lowest BCUT2D eigenvalue weighted by Crippen LogP contribution is -1.99. The van der Waals surface area contributed by atoms with Crippen molar-refractivity contribution in [1.29, 1.82) is 0 Å². The van der Waals surface area contributed by atoms with Crippen LogP contribution in [0.15, 0.2) is 53.1 Å². The van der Waals surface area contributed by atoms with E-state index in [1.165, 1.54) is 5.39 Å². The SMILES string of the molecule is Cc1oc2c(-c3cc4ccccc4c(C(C)C)n3)nc3cccnc3c2c1C. The lowest BCUT2D eigenvalue weighted by molar-refractivity contribution is 0.575. The van der Waals surface area contributed by atoms with Crippen LogP contribution < -0.4 is 0 Å². The molecule has 0 bridgehead atoms. The van der Waals surface area contributed by atoms with Crippen molar-refractivity contribution in [2.24, 2.45) is 0 Å². The summed E-state index contributed by atoms with van der Waals surface area (Å²) in [7, 11) is 0. The van der Waals surface area contributed by atoms with Gasteiger partial charge in [0, 0.05) is 17.1 Å². The number of aromatic nitrogens is 3. The summed E-state index contributed by atoms with van der Waals surface area (Å²) in [5.41, 5.74) is 6.29. The maximum absolute atomic E-state index is 6.16. The highest BCUT2D eigenvalue weighted by molar-refractivity contribution is 6.08. The number of benzene rings is 1. The smallest absolute Gasteiger partial charge is 0.164 e. The Hall–Kier alpha value is -3.27. The fourth-order valence-electron chi connectivity index (χ4n) is 3.89. The quantitative estimate of drug-likeness (QED) is 0.366. The summed E-state index contributed by atoms with van der Waals surface area (Å²) in [5.74, 6) is 1.20. The Kier molecular flexibility index (Phi) is 3.69. The van der Waals surface area contributed by atoms with E-state index in [2.05, 4.69) is 56.1 Å². The maximum Gasteiger partial charge on any atom is 0.164 e. The number of fused-ring (bicyclic) bond motifs is 4. The molecule has 0 aliphatic heterocycles. The summed E-state index contributed by atoms with van der Waals surface area (Å²) in [6.07, 6.45) is 1.80. The number of hydrogen-bond donors (Lipinski definition) is 0. The highest BCUT2D eigenvalue weighted by Crippen LogP contribution is 2.37. The summed E-state index contributed by atoms with van der Waals surface area (Å²) >= 11 is 0. The third-order valence-corrected chi connectivity index (χ3v) is 5.42. The molecule has 0 N–H and O–H groups in total. The van der Waals surface area contributed by atoms with Crippen molar-refractivity contribution in [2.75, 3.05) is 0 Å². The average molecular weight is 367 g/mol. The molecule has 0 atom stereocenters. The predicted molar refractivity (Wildman–Crippen MR) is 114 cm³/mol. The Morgan fingerprint density at radius 2 is 1.79 bits per heavy atom. The molecule has 0 saturated heterocycles. The van der Waals surface area contributed by atoms with Crippen molar-refractivity contribution in [3.05, 3.63) is 65.7 Å². The molecule has 1 aromatic carbocycles. The molecule has 28 heavy (non-hydrogen) atoms. The van der Waals surface area contributed by atoms with Gasteiger partial charge in [-0.25, -0.2) is 4.98 Å². The fraction of sp³-hybridized carbons (Fsp3) is 0.208. The van der Waals surface area contributed by atoms with Gasteiger partial charge in [-0.05, 0) is 43.4 Å². The Morgan fingerprint density at radius 1 is 0.964 bits per heavy atom. The van der Waals surface area contributed by atoms with Gasteiger partial charge in [0.1, 0.15) is 17.0 Å². The highest BCUT2D eigenvalue weighted by atomic mass is 16.3. The topological polar surface area (TPSA) is 51.8 Å². The number of aryl methyl sites for hydroxylation is 2. The average Bonchev–Trinajstić information content (AvgIpc) is 3.01. The molecule has 138 valence electrons. The zero-order chi connectivity index (χ0) is 19.4. The first kappa shape index (κ1) is 16.9. The number of hydrogen-bond acceptors (Lipinski definition) is 4. The van der Waals surface area contributed by atoms with Gasteiger partial charge in [0.05, 0.1) is 22.3 Å². The third-order valence-electron chi connectivity index (χ3n) is 5.42. The van der Waals surface area contributed by atoms with E-state index in [-0.39, 0.29) is 0 Å². The van der Waals surface area contributed by atoms with E-state index >= 15 is 0 Å². The van der Waals surface area contributed by atoms with Gasteiger partial charge in [-0.15, -0.1) is 0 Å². The lowest BCUT2D eigenvalue weighted by Gasteiger charge is -2.12. The van der Waals surface area contributed by atoms with Crippen LogP contribution in [0, 0.1) is 13.8 Å². The summed E-state index contributed by atoms with van der Waals surface area (Å²) < 4.78 is 6.16. The molecule has 0 amide bonds. The van der Waals surface area contributed by atoms with Crippen molar-refractivity contribution >= 4 is 32.8 Å². The zero-order valence-electron chi connectivity index (χ0n) is 16.4. The van der Waals surface area contributed by atoms with Crippen molar-refractivity contribution < 1.29 is 4.42 Å². The lowest BCUT2D eigenvalue weighted by atomic mass is 10.00. The molecule has 0 aliphatic carbocycles. The molecular formula is C24H21N3O. The summed E-state index contributed by atoms with van der Waals surface area (Å²) in [6, 6.07) is 14.4. The van der Waals surface area contributed by atoms with E-state index in [0.717, 1.165) is 55.8 Å². The Balaban J connectivity index is 1.92. The van der Waals surface area contributed by atoms with Crippen LogP contribution in [-0.4, -0.2) is 15.0 Å². The monoisotopic (exact) mass is 367 g/mol. The van der Waals surface area contributed by atoms with Crippen LogP contribution in [0.25, 0.3) is 44.2 Å². The van der Waals surface area contributed by atoms with Crippen LogP contribution in [0.2, 0.25) is 0 Å². The summed E-state index contributed by atoms with van der Waals surface area (Å²) in [6.45, 7) is 8.41. The number of rotatable bonds is 2. The number of nitrogens with zero attached hydrogens (tertiary/aromatic N) is 3. The van der Waals surface area contributed by atoms with Crippen LogP contribution in [0.5, 0.6) is 0 Å². The van der Waals surface area contributed by atoms with Gasteiger partial charge in [-0.2, -0.15) is 0 Å². The molecule has 0 unspecified atom stereocenters. The minimum absolute atomic E-state index is 0.308. The van der Waals surface area contributed by atoms with Crippen molar-refractivity contribution in [2.45, 2.75) is 33.6 Å². The van der Waals surface area contributed by atoms with E-state index in [1.54, 1.807) is 6.20 Å². The van der Waals surface area contributed by atoms with Crippen LogP contribution in [0.3, 0.4) is 0 Å². The van der Waals surface area contributed by atoms with Crippen LogP contribution in [0.1, 0.15) is 36.8 Å². The first-order valence-electron chi connectivity index (χ1n) is 9.59. The first-order chi connectivity index (χ1) is 13.5. The predicted octanol–water partition coefficient (Wildman–Crippen LogP) is 6.33. The standard InChI is InChI=1S/C24H21N3O/c1-13(2)21-17-9-6-5-8-16(17)12-19(27-21)23-24-20(14(3)15(4)28-24)22-18(26-23)10-7-11-25-22/h5-13H,1-4H3. The van der Waals surface area contributed by atoms with Crippen LogP contribution >= 0.6 is 0 Å². The molecule has 4 nitrogen and oxygen atoms in total. The molecule has 5 rings (SSSR count). The van der Waals surface area contributed by atoms with Crippen molar-refractivity contribution in [3.8, 4) is 11.4 Å². The van der Waals surface area contributed by atoms with E-state index in [4.69, 9.17) is 14.4 Å². The fourth-order valence-corrected chi connectivity index (χ4v) is 3.89. The van der Waals surface area contributed by atoms with E-state index < -0.39 is 0 Å². The van der Waals surface area contributed by atoms with Gasteiger partial charge in [0.25, 0.3) is 0 Å². The van der Waals surface area contributed by atoms with Crippen molar-refractivity contribution in [1.82, 2.24) is 15.0 Å². The molecule has 4 heterocycles. The van der Waals surface area contributed by atoms with Crippen molar-refractivity contribution in [3.63, 3.8) is 0 Å². The normalized spacial score (nSPS) is 11.9.